The van der Waals surface area contributed by atoms with E-state index in [2.05, 4.69) is 74.5 Å². The van der Waals surface area contributed by atoms with Gasteiger partial charge >= 0.3 is 28.4 Å². The van der Waals surface area contributed by atoms with Crippen molar-refractivity contribution in [1.82, 2.24) is 0 Å². The Morgan fingerprint density at radius 2 is 0.649 bits per heavy atom. The predicted molar refractivity (Wildman–Crippen MR) is 300 cm³/mol. The smallest absolute Gasteiger partial charge is 0.869 e. The van der Waals surface area contributed by atoms with E-state index in [4.69, 9.17) is 30.4 Å². The first kappa shape index (κ1) is 66.9. The van der Waals surface area contributed by atoms with Gasteiger partial charge in [0.1, 0.15) is 11.5 Å². The SMILES string of the molecule is CCCCCCCCCCCCCCCCCCCCCCCCCCC(=Nc1ccccc1)C(CCCCC)=Nc1ccccc1.CCc1ccc(O)c([O-])c1C(=O)O.CCc1ccc(O)c([O-])c1C(=O)O.[Ni+2]. The Morgan fingerprint density at radius 1 is 0.392 bits per heavy atom. The van der Waals surface area contributed by atoms with Crippen molar-refractivity contribution in [1.29, 1.82) is 0 Å². The average molecular weight is 1060 g/mol. The van der Waals surface area contributed by atoms with Crippen LogP contribution in [0.4, 0.5) is 11.4 Å². The van der Waals surface area contributed by atoms with E-state index in [1.54, 1.807) is 13.8 Å². The van der Waals surface area contributed by atoms with Gasteiger partial charge in [0.2, 0.25) is 0 Å². The molecular formula is C63H92N2NiO8. The van der Waals surface area contributed by atoms with E-state index >= 15 is 0 Å². The monoisotopic (exact) mass is 1060 g/mol. The van der Waals surface area contributed by atoms with Crippen LogP contribution in [0, 0.1) is 0 Å². The number of rotatable bonds is 36. The topological polar surface area (TPSA) is 186 Å². The van der Waals surface area contributed by atoms with Crippen molar-refractivity contribution in [2.24, 2.45) is 9.98 Å². The maximum absolute atomic E-state index is 11.2. The summed E-state index contributed by atoms with van der Waals surface area (Å²) >= 11 is 0. The summed E-state index contributed by atoms with van der Waals surface area (Å²) in [5.41, 5.74) is 4.68. The Balaban J connectivity index is 0.000000815. The molecule has 0 aliphatic heterocycles. The fourth-order valence-electron chi connectivity index (χ4n) is 8.93. The number of benzene rings is 4. The Morgan fingerprint density at radius 3 is 0.919 bits per heavy atom. The summed E-state index contributed by atoms with van der Waals surface area (Å²) in [5.74, 6) is -5.25. The van der Waals surface area contributed by atoms with E-state index in [0.717, 1.165) is 24.2 Å². The normalized spacial score (nSPS) is 11.2. The van der Waals surface area contributed by atoms with Gasteiger partial charge < -0.3 is 30.6 Å². The third-order valence-corrected chi connectivity index (χ3v) is 13.3. The maximum atomic E-state index is 11.2. The predicted octanol–water partition coefficient (Wildman–Crippen LogP) is 17.3. The first-order chi connectivity index (χ1) is 35.5. The van der Waals surface area contributed by atoms with Crippen LogP contribution in [0.2, 0.25) is 0 Å². The molecular weight excluding hydrogens is 971 g/mol. The number of carboxylic acids is 2. The number of carboxylic acid groups (broad SMARTS) is 2. The molecule has 4 aromatic carbocycles. The number of aromatic hydroxyl groups is 2. The number of phenolic OH excluding ortho intramolecular Hbond substituents is 2. The van der Waals surface area contributed by atoms with E-state index in [9.17, 15) is 19.8 Å². The molecule has 0 radical (unpaired) electrons. The van der Waals surface area contributed by atoms with Crippen LogP contribution in [0.5, 0.6) is 23.0 Å². The molecule has 4 aromatic rings. The van der Waals surface area contributed by atoms with Crippen LogP contribution in [-0.4, -0.2) is 43.8 Å². The summed E-state index contributed by atoms with van der Waals surface area (Å²) in [4.78, 5) is 31.6. The molecule has 74 heavy (non-hydrogen) atoms. The van der Waals surface area contributed by atoms with Crippen LogP contribution in [-0.2, 0) is 29.3 Å². The van der Waals surface area contributed by atoms with Crippen LogP contribution in [0.1, 0.15) is 246 Å². The zero-order valence-corrected chi connectivity index (χ0v) is 46.6. The summed E-state index contributed by atoms with van der Waals surface area (Å²) < 4.78 is 0. The zero-order valence-electron chi connectivity index (χ0n) is 45.6. The molecule has 412 valence electrons. The average Bonchev–Trinajstić information content (AvgIpc) is 3.39. The molecule has 0 spiro atoms. The second-order valence-electron chi connectivity index (χ2n) is 19.3. The van der Waals surface area contributed by atoms with Crippen molar-refractivity contribution in [3.8, 4) is 23.0 Å². The number of nitrogens with zero attached hydrogens (tertiary/aromatic N) is 2. The first-order valence-corrected chi connectivity index (χ1v) is 28.2. The number of unbranched alkanes of at least 4 members (excludes halogenated alkanes) is 25. The minimum Gasteiger partial charge on any atom is -0.869 e. The summed E-state index contributed by atoms with van der Waals surface area (Å²) in [5, 5.41) is 57.7. The van der Waals surface area contributed by atoms with Crippen LogP contribution in [0.3, 0.4) is 0 Å². The summed E-state index contributed by atoms with van der Waals surface area (Å²) in [7, 11) is 0. The second kappa shape index (κ2) is 43.1. The zero-order chi connectivity index (χ0) is 53.3. The maximum Gasteiger partial charge on any atom is 2.00 e. The fraction of sp³-hybridized carbons (Fsp3) is 0.556. The molecule has 0 saturated heterocycles. The van der Waals surface area contributed by atoms with Gasteiger partial charge in [0.15, 0.2) is 0 Å². The molecule has 0 aromatic heterocycles. The van der Waals surface area contributed by atoms with E-state index < -0.39 is 34.9 Å². The Labute approximate surface area is 456 Å². The molecule has 0 bridgehead atoms. The summed E-state index contributed by atoms with van der Waals surface area (Å²) in [6, 6.07) is 26.2. The third-order valence-electron chi connectivity index (χ3n) is 13.3. The van der Waals surface area contributed by atoms with Gasteiger partial charge in [0, 0.05) is 0 Å². The minimum absolute atomic E-state index is 0. The van der Waals surface area contributed by atoms with Crippen LogP contribution in [0.15, 0.2) is 94.9 Å². The molecule has 10 nitrogen and oxygen atoms in total. The van der Waals surface area contributed by atoms with Gasteiger partial charge in [-0.1, -0.05) is 248 Å². The number of aromatic carboxylic acids is 2. The fourth-order valence-corrected chi connectivity index (χ4v) is 8.93. The molecule has 0 unspecified atom stereocenters. The molecule has 4 N–H and O–H groups in total. The van der Waals surface area contributed by atoms with Gasteiger partial charge in [0.05, 0.1) is 33.9 Å². The first-order valence-electron chi connectivity index (χ1n) is 28.2. The van der Waals surface area contributed by atoms with Crippen molar-refractivity contribution in [3.05, 3.63) is 107 Å². The number of hydrogen-bond acceptors (Lipinski definition) is 8. The van der Waals surface area contributed by atoms with Crippen molar-refractivity contribution in [2.75, 3.05) is 0 Å². The molecule has 0 atom stereocenters. The molecule has 0 heterocycles. The molecule has 4 rings (SSSR count). The third kappa shape index (κ3) is 29.1. The number of aliphatic imine (C=N–C) groups is 2. The van der Waals surface area contributed by atoms with Crippen molar-refractivity contribution >= 4 is 34.7 Å². The number of phenols is 2. The number of hydrogen-bond donors (Lipinski definition) is 4. The van der Waals surface area contributed by atoms with E-state index in [-0.39, 0.29) is 27.6 Å². The van der Waals surface area contributed by atoms with Crippen molar-refractivity contribution < 1.29 is 56.7 Å². The van der Waals surface area contributed by atoms with Gasteiger partial charge in [-0.15, -0.1) is 0 Å². The van der Waals surface area contributed by atoms with Gasteiger partial charge in [-0.05, 0) is 86.1 Å². The molecule has 0 amide bonds. The van der Waals surface area contributed by atoms with Crippen molar-refractivity contribution in [2.45, 2.75) is 227 Å². The van der Waals surface area contributed by atoms with E-state index in [0.29, 0.717) is 24.0 Å². The van der Waals surface area contributed by atoms with Crippen LogP contribution >= 0.6 is 0 Å². The van der Waals surface area contributed by atoms with Crippen LogP contribution in [0.25, 0.3) is 0 Å². The van der Waals surface area contributed by atoms with Gasteiger partial charge in [-0.2, -0.15) is 0 Å². The van der Waals surface area contributed by atoms with E-state index in [1.165, 1.54) is 209 Å². The number of aryl methyl sites for hydroxylation is 2. The molecule has 0 fully saturated rings. The molecule has 0 aliphatic carbocycles. The molecule has 0 saturated carbocycles. The Hall–Kier alpha value is -5.15. The van der Waals surface area contributed by atoms with Gasteiger partial charge in [-0.3, -0.25) is 9.98 Å². The minimum atomic E-state index is -1.29. The van der Waals surface area contributed by atoms with Crippen LogP contribution < -0.4 is 10.2 Å². The van der Waals surface area contributed by atoms with Gasteiger partial charge in [0.25, 0.3) is 0 Å². The standard InChI is InChI=1S/C45H74N2.2C9H10O4.Ni/c1-3-5-7-8-9-10-11-12-13-14-15-16-17-18-19-20-21-22-23-24-25-26-27-35-41-45(47-43-38-33-29-34-39-43)44(40-30-6-4-2)46-42-36-31-28-32-37-42;2*1-2-5-3-4-6(10)8(11)7(5)9(12)13;/h28-29,31-34,36-39H,3-27,30,35,40-41H2,1-2H3;2*3-4,10-11H,2H2,1H3,(H,12,13);/q;;;+2/p-2. The second-order valence-corrected chi connectivity index (χ2v) is 19.3. The van der Waals surface area contributed by atoms with Crippen molar-refractivity contribution in [3.63, 3.8) is 0 Å². The Bertz CT molecular complexity index is 2070. The number of para-hydroxylation sites is 2. The van der Waals surface area contributed by atoms with Gasteiger partial charge in [-0.25, -0.2) is 9.59 Å². The Kier molecular flexibility index (Phi) is 39.0. The quantitative estimate of drug-likeness (QED) is 0.0197. The largest absolute Gasteiger partial charge is 2.00 e. The summed E-state index contributed by atoms with van der Waals surface area (Å²) in [6.07, 6.45) is 40.8. The number of carbonyl (C=O) groups is 2. The van der Waals surface area contributed by atoms with E-state index in [1.807, 2.05) is 0 Å². The molecule has 0 aliphatic rings. The molecule has 11 heteroatoms. The summed E-state index contributed by atoms with van der Waals surface area (Å²) in [6.45, 7) is 8.07.